The molecule has 1 radical (unpaired) electrons. The van der Waals surface area contributed by atoms with E-state index in [1.807, 2.05) is 11.8 Å². The fraction of sp³-hybridized carbons (Fsp3) is 0.833. The van der Waals surface area contributed by atoms with Gasteiger partial charge in [-0.2, -0.15) is 11.8 Å². The molecule has 0 spiro atoms. The molecule has 1 saturated heterocycles. The Bertz CT molecular complexity index is 59.5. The first-order chi connectivity index (χ1) is 3.93. The van der Waals surface area contributed by atoms with E-state index in [2.05, 4.69) is 5.75 Å². The number of rotatable bonds is 1. The summed E-state index contributed by atoms with van der Waals surface area (Å²) in [5.41, 5.74) is 0. The van der Waals surface area contributed by atoms with Crippen LogP contribution in [0, 0.1) is 5.75 Å². The van der Waals surface area contributed by atoms with E-state index in [0.717, 1.165) is 5.75 Å². The van der Waals surface area contributed by atoms with Crippen LogP contribution >= 0.6 is 11.8 Å². The van der Waals surface area contributed by atoms with Crippen LogP contribution in [0.3, 0.4) is 0 Å². The Morgan fingerprint density at radius 1 is 1.75 bits per heavy atom. The van der Waals surface area contributed by atoms with Crippen molar-refractivity contribution in [3.05, 3.63) is 5.75 Å². The Morgan fingerprint density at radius 2 is 2.62 bits per heavy atom. The minimum absolute atomic E-state index is 0.519. The molecule has 0 saturated carbocycles. The first kappa shape index (κ1) is 6.43. The summed E-state index contributed by atoms with van der Waals surface area (Å²) in [6.07, 6.45) is 2.94. The number of ether oxygens (including phenoxy) is 1. The summed E-state index contributed by atoms with van der Waals surface area (Å²) in [5, 5.41) is 0. The fourth-order valence-corrected chi connectivity index (χ4v) is 1.74. The quantitative estimate of drug-likeness (QED) is 0.535. The van der Waals surface area contributed by atoms with Gasteiger partial charge in [-0.3, -0.25) is 0 Å². The van der Waals surface area contributed by atoms with E-state index in [1.54, 1.807) is 7.11 Å². The average Bonchev–Trinajstić information content (AvgIpc) is 1.90. The molecule has 0 aromatic heterocycles. The smallest absolute Gasteiger partial charge is 0.0662 e. The summed E-state index contributed by atoms with van der Waals surface area (Å²) in [7, 11) is 1.79. The third-order valence-electron chi connectivity index (χ3n) is 1.34. The van der Waals surface area contributed by atoms with Crippen molar-refractivity contribution in [2.75, 3.05) is 12.9 Å². The number of thioether (sulfide) groups is 1. The summed E-state index contributed by atoms with van der Waals surface area (Å²) < 4.78 is 5.15. The van der Waals surface area contributed by atoms with Crippen molar-refractivity contribution in [1.29, 1.82) is 0 Å². The lowest BCUT2D eigenvalue weighted by atomic mass is 10.2. The SMILES string of the molecule is COC1CC[CH]SC1. The highest BCUT2D eigenvalue weighted by atomic mass is 32.2. The molecule has 1 unspecified atom stereocenters. The highest BCUT2D eigenvalue weighted by molar-refractivity contribution is 8.01. The second-order valence-corrected chi connectivity index (χ2v) is 2.94. The molecule has 0 aromatic carbocycles. The largest absolute Gasteiger partial charge is 0.381 e. The van der Waals surface area contributed by atoms with Crippen molar-refractivity contribution in [3.63, 3.8) is 0 Å². The maximum Gasteiger partial charge on any atom is 0.0662 e. The second kappa shape index (κ2) is 3.36. The number of methoxy groups -OCH3 is 1. The summed E-state index contributed by atoms with van der Waals surface area (Å²) in [5.74, 6) is 3.41. The molecule has 0 aliphatic carbocycles. The molecule has 1 fully saturated rings. The molecule has 47 valence electrons. The van der Waals surface area contributed by atoms with Gasteiger partial charge in [0.2, 0.25) is 0 Å². The Morgan fingerprint density at radius 3 is 3.00 bits per heavy atom. The van der Waals surface area contributed by atoms with Crippen LogP contribution in [0.25, 0.3) is 0 Å². The molecule has 8 heavy (non-hydrogen) atoms. The van der Waals surface area contributed by atoms with Crippen LogP contribution in [-0.2, 0) is 4.74 Å². The van der Waals surface area contributed by atoms with E-state index in [4.69, 9.17) is 4.74 Å². The monoisotopic (exact) mass is 131 g/mol. The molecule has 1 aliphatic rings. The van der Waals surface area contributed by atoms with Gasteiger partial charge in [0.25, 0.3) is 0 Å². The van der Waals surface area contributed by atoms with Crippen molar-refractivity contribution in [2.45, 2.75) is 18.9 Å². The van der Waals surface area contributed by atoms with Crippen LogP contribution < -0.4 is 0 Å². The molecule has 1 rings (SSSR count). The third-order valence-corrected chi connectivity index (χ3v) is 2.38. The lowest BCUT2D eigenvalue weighted by Crippen LogP contribution is -2.16. The standard InChI is InChI=1S/C6H11OS/c1-7-6-3-2-4-8-5-6/h4,6H,2-3,5H2,1H3. The maximum atomic E-state index is 5.15. The predicted molar refractivity (Wildman–Crippen MR) is 36.8 cm³/mol. The summed E-state index contributed by atoms with van der Waals surface area (Å²) in [4.78, 5) is 0. The van der Waals surface area contributed by atoms with Gasteiger partial charge in [0.15, 0.2) is 0 Å². The van der Waals surface area contributed by atoms with Gasteiger partial charge in [-0.15, -0.1) is 0 Å². The average molecular weight is 131 g/mol. The highest BCUT2D eigenvalue weighted by Gasteiger charge is 2.11. The summed E-state index contributed by atoms with van der Waals surface area (Å²) >= 11 is 1.88. The molecule has 1 nitrogen and oxygen atoms in total. The zero-order valence-corrected chi connectivity index (χ0v) is 5.91. The van der Waals surface area contributed by atoms with Crippen molar-refractivity contribution >= 4 is 11.8 Å². The molecule has 0 amide bonds. The van der Waals surface area contributed by atoms with Crippen LogP contribution in [0.5, 0.6) is 0 Å². The Labute approximate surface area is 54.8 Å². The summed E-state index contributed by atoms with van der Waals surface area (Å²) in [6.45, 7) is 0. The Hall–Kier alpha value is 0.310. The maximum absolute atomic E-state index is 5.15. The minimum Gasteiger partial charge on any atom is -0.381 e. The van der Waals surface area contributed by atoms with E-state index >= 15 is 0 Å². The summed E-state index contributed by atoms with van der Waals surface area (Å²) in [6, 6.07) is 0. The lowest BCUT2D eigenvalue weighted by molar-refractivity contribution is 0.113. The van der Waals surface area contributed by atoms with Crippen LogP contribution in [0.4, 0.5) is 0 Å². The van der Waals surface area contributed by atoms with Gasteiger partial charge in [-0.1, -0.05) is 0 Å². The highest BCUT2D eigenvalue weighted by Crippen LogP contribution is 2.22. The van der Waals surface area contributed by atoms with Gasteiger partial charge in [-0.25, -0.2) is 0 Å². The van der Waals surface area contributed by atoms with E-state index in [1.165, 1.54) is 12.8 Å². The van der Waals surface area contributed by atoms with E-state index < -0.39 is 0 Å². The van der Waals surface area contributed by atoms with Gasteiger partial charge in [0.05, 0.1) is 6.10 Å². The Balaban J connectivity index is 2.13. The molecular formula is C6H11OS. The molecule has 2 heteroatoms. The number of hydrogen-bond acceptors (Lipinski definition) is 2. The van der Waals surface area contributed by atoms with Gasteiger partial charge in [0, 0.05) is 18.6 Å². The number of hydrogen-bond donors (Lipinski definition) is 0. The van der Waals surface area contributed by atoms with Crippen LogP contribution in [-0.4, -0.2) is 19.0 Å². The lowest BCUT2D eigenvalue weighted by Gasteiger charge is -2.18. The molecule has 0 bridgehead atoms. The molecule has 0 aromatic rings. The molecule has 1 aliphatic heterocycles. The van der Waals surface area contributed by atoms with Gasteiger partial charge >= 0.3 is 0 Å². The van der Waals surface area contributed by atoms with Gasteiger partial charge in [0.1, 0.15) is 0 Å². The third kappa shape index (κ3) is 1.67. The normalized spacial score (nSPS) is 30.4. The molecule has 1 atom stereocenters. The van der Waals surface area contributed by atoms with Crippen molar-refractivity contribution in [3.8, 4) is 0 Å². The zero-order chi connectivity index (χ0) is 5.82. The predicted octanol–water partition coefficient (Wildman–Crippen LogP) is 1.69. The first-order valence-electron chi connectivity index (χ1n) is 2.89. The fourth-order valence-electron chi connectivity index (χ4n) is 0.782. The van der Waals surface area contributed by atoms with E-state index in [0.29, 0.717) is 6.10 Å². The molecule has 0 N–H and O–H groups in total. The van der Waals surface area contributed by atoms with E-state index in [9.17, 15) is 0 Å². The van der Waals surface area contributed by atoms with Gasteiger partial charge in [-0.05, 0) is 12.8 Å². The van der Waals surface area contributed by atoms with E-state index in [-0.39, 0.29) is 0 Å². The van der Waals surface area contributed by atoms with Gasteiger partial charge < -0.3 is 4.74 Å². The Kier molecular flexibility index (Phi) is 2.70. The second-order valence-electron chi connectivity index (χ2n) is 1.94. The van der Waals surface area contributed by atoms with Crippen molar-refractivity contribution < 1.29 is 4.74 Å². The minimum atomic E-state index is 0.519. The molecular weight excluding hydrogens is 120 g/mol. The first-order valence-corrected chi connectivity index (χ1v) is 3.94. The van der Waals surface area contributed by atoms with Crippen molar-refractivity contribution in [1.82, 2.24) is 0 Å². The zero-order valence-electron chi connectivity index (χ0n) is 5.09. The van der Waals surface area contributed by atoms with Crippen LogP contribution in [0.2, 0.25) is 0 Å². The van der Waals surface area contributed by atoms with Crippen LogP contribution in [0.15, 0.2) is 0 Å². The van der Waals surface area contributed by atoms with Crippen molar-refractivity contribution in [2.24, 2.45) is 0 Å². The van der Waals surface area contributed by atoms with Crippen LogP contribution in [0.1, 0.15) is 12.8 Å². The molecule has 1 heterocycles. The topological polar surface area (TPSA) is 9.23 Å².